The average molecular weight is 420 g/mol. The molecule has 2 aromatic rings. The lowest BCUT2D eigenvalue weighted by Crippen LogP contribution is -2.50. The first-order valence-corrected chi connectivity index (χ1v) is 8.82. The lowest BCUT2D eigenvalue weighted by atomic mass is 9.80. The first-order chi connectivity index (χ1) is 12.8. The van der Waals surface area contributed by atoms with Gasteiger partial charge in [-0.2, -0.15) is 8.78 Å². The molecule has 2 saturated heterocycles. The predicted octanol–water partition coefficient (Wildman–Crippen LogP) is 5.33. The minimum atomic E-state index is -2.19. The van der Waals surface area contributed by atoms with E-state index in [1.165, 1.54) is 0 Å². The van der Waals surface area contributed by atoms with Crippen LogP contribution >= 0.6 is 12.4 Å². The summed E-state index contributed by atoms with van der Waals surface area (Å²) >= 11 is 0. The molecule has 2 aliphatic heterocycles. The molecular formula is C20H19ClF5NO. The van der Waals surface area contributed by atoms with Gasteiger partial charge in [0.25, 0.3) is 0 Å². The summed E-state index contributed by atoms with van der Waals surface area (Å²) in [4.78, 5) is 2.20. The van der Waals surface area contributed by atoms with Crippen LogP contribution in [0.25, 0.3) is 0 Å². The van der Waals surface area contributed by atoms with Crippen LogP contribution in [0.1, 0.15) is 31.2 Å². The van der Waals surface area contributed by atoms with Crippen molar-refractivity contribution in [1.82, 2.24) is 4.90 Å². The predicted molar refractivity (Wildman–Crippen MR) is 96.0 cm³/mol. The highest BCUT2D eigenvalue weighted by atomic mass is 35.5. The largest absolute Gasteiger partial charge is 0.476 e. The molecule has 8 heteroatoms. The zero-order valence-electron chi connectivity index (χ0n) is 15.0. The Morgan fingerprint density at radius 2 is 1.29 bits per heavy atom. The van der Waals surface area contributed by atoms with E-state index in [0.29, 0.717) is 18.4 Å². The number of hydrogen-bond acceptors (Lipinski definition) is 2. The fourth-order valence-electron chi connectivity index (χ4n) is 4.42. The highest BCUT2D eigenvalue weighted by molar-refractivity contribution is 5.85. The Labute approximate surface area is 165 Å². The van der Waals surface area contributed by atoms with Crippen LogP contribution in [0.5, 0.6) is 5.75 Å². The molecule has 0 saturated carbocycles. The summed E-state index contributed by atoms with van der Waals surface area (Å²) in [6, 6.07) is 9.07. The topological polar surface area (TPSA) is 12.5 Å². The molecule has 2 fully saturated rings. The van der Waals surface area contributed by atoms with E-state index in [2.05, 4.69) is 4.90 Å². The average Bonchev–Trinajstić information content (AvgIpc) is 2.90. The van der Waals surface area contributed by atoms with Crippen molar-refractivity contribution in [2.75, 3.05) is 7.05 Å². The lowest BCUT2D eigenvalue weighted by molar-refractivity contribution is -0.0340. The van der Waals surface area contributed by atoms with Crippen LogP contribution in [0.4, 0.5) is 22.0 Å². The summed E-state index contributed by atoms with van der Waals surface area (Å²) in [6.45, 7) is 0. The second-order valence-electron chi connectivity index (χ2n) is 7.32. The molecule has 0 N–H and O–H groups in total. The van der Waals surface area contributed by atoms with E-state index >= 15 is 0 Å². The number of ether oxygens (including phenoxy) is 1. The van der Waals surface area contributed by atoms with Crippen molar-refractivity contribution < 1.29 is 26.7 Å². The van der Waals surface area contributed by atoms with Gasteiger partial charge >= 0.3 is 0 Å². The van der Waals surface area contributed by atoms with Crippen LogP contribution in [0.3, 0.4) is 0 Å². The molecule has 0 aliphatic carbocycles. The number of benzene rings is 2. The quantitative estimate of drug-likeness (QED) is 0.378. The fourth-order valence-corrected chi connectivity index (χ4v) is 4.42. The molecule has 4 rings (SSSR count). The number of fused-ring (bicyclic) bond motifs is 2. The zero-order valence-corrected chi connectivity index (χ0v) is 15.8. The second kappa shape index (κ2) is 7.52. The van der Waals surface area contributed by atoms with E-state index in [1.807, 2.05) is 7.05 Å². The van der Waals surface area contributed by atoms with E-state index in [1.54, 1.807) is 30.3 Å². The lowest BCUT2D eigenvalue weighted by Gasteiger charge is -2.45. The van der Waals surface area contributed by atoms with Gasteiger partial charge in [0.15, 0.2) is 5.75 Å². The molecule has 28 heavy (non-hydrogen) atoms. The smallest absolute Gasteiger partial charge is 0.207 e. The third-order valence-corrected chi connectivity index (χ3v) is 5.88. The van der Waals surface area contributed by atoms with Gasteiger partial charge in [0, 0.05) is 24.9 Å². The Morgan fingerprint density at radius 1 is 0.821 bits per heavy atom. The molecule has 2 nitrogen and oxygen atoms in total. The molecule has 0 amide bonds. The van der Waals surface area contributed by atoms with E-state index in [4.69, 9.17) is 4.74 Å². The summed E-state index contributed by atoms with van der Waals surface area (Å²) in [5, 5.41) is 0. The van der Waals surface area contributed by atoms with E-state index in [-0.39, 0.29) is 24.5 Å². The van der Waals surface area contributed by atoms with Crippen molar-refractivity contribution in [1.29, 1.82) is 0 Å². The number of hydrogen-bond donors (Lipinski definition) is 0. The van der Waals surface area contributed by atoms with Crippen LogP contribution in [0.2, 0.25) is 0 Å². The number of piperidine rings is 1. The van der Waals surface area contributed by atoms with Crippen LogP contribution < -0.4 is 4.74 Å². The minimum absolute atomic E-state index is 0. The number of rotatable bonds is 3. The standard InChI is InChI=1S/C20H18F5NO.ClH/c1-26-12-7-8-13(26)10-20(9-12,11-5-3-2-4-6-11)27-19-17(24)15(22)14(21)16(23)18(19)25;/h2-6,12-13H,7-10H2,1H3;1H/t12-,13+,20+;. The van der Waals surface area contributed by atoms with Crippen molar-refractivity contribution in [2.45, 2.75) is 43.4 Å². The molecule has 0 spiro atoms. The van der Waals surface area contributed by atoms with Gasteiger partial charge in [-0.25, -0.2) is 13.2 Å². The van der Waals surface area contributed by atoms with E-state index < -0.39 is 40.4 Å². The van der Waals surface area contributed by atoms with Crippen LogP contribution in [0, 0.1) is 29.1 Å². The summed E-state index contributed by atoms with van der Waals surface area (Å²) in [5.74, 6) is -11.3. The van der Waals surface area contributed by atoms with Crippen LogP contribution in [0.15, 0.2) is 30.3 Å². The Balaban J connectivity index is 0.00000225. The van der Waals surface area contributed by atoms with Gasteiger partial charge in [0.05, 0.1) is 0 Å². The maximum atomic E-state index is 14.3. The minimum Gasteiger partial charge on any atom is -0.476 e. The summed E-state index contributed by atoms with van der Waals surface area (Å²) in [7, 11) is 1.98. The normalized spacial score (nSPS) is 26.8. The van der Waals surface area contributed by atoms with Crippen LogP contribution in [-0.2, 0) is 5.60 Å². The Bertz CT molecular complexity index is 836. The van der Waals surface area contributed by atoms with Crippen molar-refractivity contribution in [2.24, 2.45) is 0 Å². The molecule has 3 atom stereocenters. The van der Waals surface area contributed by atoms with Gasteiger partial charge in [-0.3, -0.25) is 0 Å². The molecular weight excluding hydrogens is 401 g/mol. The highest BCUT2D eigenvalue weighted by Crippen LogP contribution is 2.48. The molecule has 2 bridgehead atoms. The Morgan fingerprint density at radius 3 is 1.79 bits per heavy atom. The van der Waals surface area contributed by atoms with Gasteiger partial charge in [-0.15, -0.1) is 12.4 Å². The summed E-state index contributed by atoms with van der Waals surface area (Å²) in [5.41, 5.74) is -0.489. The van der Waals surface area contributed by atoms with Crippen molar-refractivity contribution in [3.63, 3.8) is 0 Å². The van der Waals surface area contributed by atoms with E-state index in [0.717, 1.165) is 12.8 Å². The van der Waals surface area contributed by atoms with Crippen molar-refractivity contribution >= 4 is 12.4 Å². The van der Waals surface area contributed by atoms with Gasteiger partial charge in [0.1, 0.15) is 5.60 Å². The molecule has 2 heterocycles. The Hall–Kier alpha value is -1.86. The number of halogens is 6. The van der Waals surface area contributed by atoms with Gasteiger partial charge in [-0.05, 0) is 25.5 Å². The fraction of sp³-hybridized carbons (Fsp3) is 0.400. The van der Waals surface area contributed by atoms with E-state index in [9.17, 15) is 22.0 Å². The third-order valence-electron chi connectivity index (χ3n) is 5.88. The Kier molecular flexibility index (Phi) is 5.60. The summed E-state index contributed by atoms with van der Waals surface area (Å²) in [6.07, 6.45) is 2.61. The van der Waals surface area contributed by atoms with Gasteiger partial charge in [-0.1, -0.05) is 30.3 Å². The molecule has 0 unspecified atom stereocenters. The first-order valence-electron chi connectivity index (χ1n) is 8.82. The van der Waals surface area contributed by atoms with Gasteiger partial charge in [0.2, 0.25) is 29.1 Å². The number of nitrogens with zero attached hydrogens (tertiary/aromatic N) is 1. The molecule has 2 aliphatic rings. The maximum absolute atomic E-state index is 14.3. The molecule has 152 valence electrons. The monoisotopic (exact) mass is 419 g/mol. The third kappa shape index (κ3) is 3.14. The SMILES string of the molecule is CN1[C@@H]2CC[C@H]1C[C@](Oc1c(F)c(F)c(F)c(F)c1F)(c1ccccc1)C2.Cl. The molecule has 0 radical (unpaired) electrons. The van der Waals surface area contributed by atoms with Gasteiger partial charge < -0.3 is 9.64 Å². The van der Waals surface area contributed by atoms with Crippen molar-refractivity contribution in [3.8, 4) is 5.75 Å². The van der Waals surface area contributed by atoms with Crippen LogP contribution in [-0.4, -0.2) is 24.0 Å². The second-order valence-corrected chi connectivity index (χ2v) is 7.32. The zero-order chi connectivity index (χ0) is 19.3. The first kappa shape index (κ1) is 20.9. The molecule has 2 aromatic carbocycles. The maximum Gasteiger partial charge on any atom is 0.207 e. The molecule has 0 aromatic heterocycles. The van der Waals surface area contributed by atoms with Crippen molar-refractivity contribution in [3.05, 3.63) is 65.0 Å². The highest BCUT2D eigenvalue weighted by Gasteiger charge is 2.50. The summed E-state index contributed by atoms with van der Waals surface area (Å²) < 4.78 is 75.0.